The molecule has 14 heteroatoms. The van der Waals surface area contributed by atoms with Gasteiger partial charge in [-0.2, -0.15) is 4.39 Å². The molecular weight excluding hydrogens is 650 g/mol. The quantitative estimate of drug-likeness (QED) is 0.101. The SMILES string of the molecule is Cc1cccc(F)c1NC(=O)C(=O)NC1(C(=O)N[C@@H](CCC(=O)OCc2ccccc2)C(=O)COc2c(C)c(F)cc(F)c2F)CCCC1. The Bertz CT molecular complexity index is 1680. The van der Waals surface area contributed by atoms with Gasteiger partial charge in [-0.3, -0.25) is 24.0 Å². The molecule has 0 spiro atoms. The van der Waals surface area contributed by atoms with Crippen LogP contribution in [0.4, 0.5) is 23.2 Å². The molecule has 0 aliphatic heterocycles. The molecule has 260 valence electrons. The number of rotatable bonds is 13. The third kappa shape index (κ3) is 9.21. The fraction of sp³-hybridized carbons (Fsp3) is 0.343. The first-order chi connectivity index (χ1) is 23.3. The molecule has 0 heterocycles. The number of ether oxygens (including phenoxy) is 2. The van der Waals surface area contributed by atoms with Gasteiger partial charge in [-0.05, 0) is 50.3 Å². The molecule has 3 N–H and O–H groups in total. The number of amides is 3. The maximum absolute atomic E-state index is 14.4. The van der Waals surface area contributed by atoms with Crippen molar-refractivity contribution < 1.29 is 51.0 Å². The number of anilines is 1. The number of hydrogen-bond donors (Lipinski definition) is 3. The van der Waals surface area contributed by atoms with E-state index in [1.165, 1.54) is 19.1 Å². The largest absolute Gasteiger partial charge is 0.482 e. The van der Waals surface area contributed by atoms with E-state index in [2.05, 4.69) is 16.0 Å². The number of carbonyl (C=O) groups is 5. The van der Waals surface area contributed by atoms with Gasteiger partial charge < -0.3 is 25.4 Å². The zero-order chi connectivity index (χ0) is 35.7. The second-order valence-corrected chi connectivity index (χ2v) is 11.7. The molecule has 1 saturated carbocycles. The summed E-state index contributed by atoms with van der Waals surface area (Å²) in [7, 11) is 0. The van der Waals surface area contributed by atoms with Crippen LogP contribution in [0.15, 0.2) is 54.6 Å². The van der Waals surface area contributed by atoms with Crippen molar-refractivity contribution in [2.45, 2.75) is 70.6 Å². The average molecular weight is 686 g/mol. The zero-order valence-corrected chi connectivity index (χ0v) is 26.8. The fourth-order valence-corrected chi connectivity index (χ4v) is 5.38. The lowest BCUT2D eigenvalue weighted by Crippen LogP contribution is -2.61. The van der Waals surface area contributed by atoms with Crippen molar-refractivity contribution in [3.8, 4) is 5.75 Å². The molecule has 0 unspecified atom stereocenters. The Balaban J connectivity index is 1.49. The number of esters is 1. The van der Waals surface area contributed by atoms with Crippen molar-refractivity contribution in [3.05, 3.63) is 94.6 Å². The smallest absolute Gasteiger partial charge is 0.313 e. The minimum absolute atomic E-state index is 0.0545. The fourth-order valence-electron chi connectivity index (χ4n) is 5.38. The topological polar surface area (TPSA) is 140 Å². The van der Waals surface area contributed by atoms with Crippen LogP contribution in [0.1, 0.15) is 55.2 Å². The number of aryl methyl sites for hydroxylation is 1. The van der Waals surface area contributed by atoms with Crippen LogP contribution in [0.5, 0.6) is 5.75 Å². The Morgan fingerprint density at radius 2 is 1.55 bits per heavy atom. The van der Waals surface area contributed by atoms with E-state index >= 15 is 0 Å². The predicted molar refractivity (Wildman–Crippen MR) is 168 cm³/mol. The van der Waals surface area contributed by atoms with E-state index in [-0.39, 0.29) is 38.0 Å². The maximum atomic E-state index is 14.4. The highest BCUT2D eigenvalue weighted by molar-refractivity contribution is 6.40. The second-order valence-electron chi connectivity index (χ2n) is 11.7. The molecule has 4 rings (SSSR count). The van der Waals surface area contributed by atoms with Crippen LogP contribution in [-0.2, 0) is 35.3 Å². The monoisotopic (exact) mass is 685 g/mol. The van der Waals surface area contributed by atoms with E-state index in [4.69, 9.17) is 9.47 Å². The third-order valence-electron chi connectivity index (χ3n) is 8.21. The first kappa shape index (κ1) is 36.6. The minimum Gasteiger partial charge on any atom is -0.482 e. The van der Waals surface area contributed by atoms with Crippen LogP contribution in [0.25, 0.3) is 0 Å². The third-order valence-corrected chi connectivity index (χ3v) is 8.21. The van der Waals surface area contributed by atoms with Gasteiger partial charge in [-0.25, -0.2) is 13.2 Å². The van der Waals surface area contributed by atoms with Crippen LogP contribution in [0.2, 0.25) is 0 Å². The Hall–Kier alpha value is -5.27. The normalized spacial score (nSPS) is 14.0. The number of carbonyl (C=O) groups excluding carboxylic acids is 5. The molecule has 0 saturated heterocycles. The zero-order valence-electron chi connectivity index (χ0n) is 26.8. The van der Waals surface area contributed by atoms with Crippen LogP contribution in [-0.4, -0.2) is 47.7 Å². The Morgan fingerprint density at radius 3 is 2.22 bits per heavy atom. The van der Waals surface area contributed by atoms with Crippen molar-refractivity contribution in [2.75, 3.05) is 11.9 Å². The summed E-state index contributed by atoms with van der Waals surface area (Å²) in [5.41, 5.74) is -1.19. The summed E-state index contributed by atoms with van der Waals surface area (Å²) in [6.07, 6.45) is 0.422. The highest BCUT2D eigenvalue weighted by Gasteiger charge is 2.45. The van der Waals surface area contributed by atoms with Crippen molar-refractivity contribution >= 4 is 35.2 Å². The van der Waals surface area contributed by atoms with Gasteiger partial charge in [-0.15, -0.1) is 0 Å². The number of hydrogen-bond acceptors (Lipinski definition) is 7. The summed E-state index contributed by atoms with van der Waals surface area (Å²) < 4.78 is 67.0. The van der Waals surface area contributed by atoms with Crippen molar-refractivity contribution in [1.29, 1.82) is 0 Å². The molecular formula is C35H35F4N3O7. The lowest BCUT2D eigenvalue weighted by atomic mass is 9.94. The highest BCUT2D eigenvalue weighted by Crippen LogP contribution is 2.31. The predicted octanol–water partition coefficient (Wildman–Crippen LogP) is 4.88. The van der Waals surface area contributed by atoms with E-state index < -0.39 is 82.2 Å². The molecule has 0 aromatic heterocycles. The molecule has 3 aromatic rings. The molecule has 1 atom stereocenters. The van der Waals surface area contributed by atoms with Crippen molar-refractivity contribution in [1.82, 2.24) is 10.6 Å². The van der Waals surface area contributed by atoms with E-state index in [1.54, 1.807) is 30.3 Å². The Morgan fingerprint density at radius 1 is 0.857 bits per heavy atom. The average Bonchev–Trinajstić information content (AvgIpc) is 3.56. The Labute approximate surface area is 279 Å². The number of benzene rings is 3. The summed E-state index contributed by atoms with van der Waals surface area (Å²) in [5, 5.41) is 7.15. The van der Waals surface area contributed by atoms with Gasteiger partial charge in [0.1, 0.15) is 30.4 Å². The molecule has 49 heavy (non-hydrogen) atoms. The van der Waals surface area contributed by atoms with Gasteiger partial charge in [0, 0.05) is 18.1 Å². The first-order valence-corrected chi connectivity index (χ1v) is 15.5. The van der Waals surface area contributed by atoms with E-state index in [0.29, 0.717) is 30.0 Å². The highest BCUT2D eigenvalue weighted by atomic mass is 19.2. The standard InChI is InChI=1S/C35H35F4N3O7/c1-20-9-8-12-23(36)30(20)41-32(45)33(46)42-35(15-6-7-16-35)34(47)40-26(13-14-28(44)48-18-22-10-4-3-5-11-22)27(43)19-49-31-21(2)24(37)17-25(38)29(31)39/h3-5,8-12,17,26H,6-7,13-16,18-19H2,1-2H3,(H,40,47)(H,41,45)(H,42,46)/t26-/m0/s1. The van der Waals surface area contributed by atoms with Crippen LogP contribution in [0.3, 0.4) is 0 Å². The molecule has 1 fully saturated rings. The van der Waals surface area contributed by atoms with E-state index in [1.807, 2.05) is 0 Å². The van der Waals surface area contributed by atoms with Gasteiger partial charge in [0.25, 0.3) is 0 Å². The number of ketones is 1. The van der Waals surface area contributed by atoms with Gasteiger partial charge in [0.05, 0.1) is 11.7 Å². The van der Waals surface area contributed by atoms with Gasteiger partial charge in [0.15, 0.2) is 17.3 Å². The van der Waals surface area contributed by atoms with Crippen LogP contribution >= 0.6 is 0 Å². The summed E-state index contributed by atoms with van der Waals surface area (Å²) >= 11 is 0. The summed E-state index contributed by atoms with van der Waals surface area (Å²) in [6, 6.07) is 11.7. The second kappa shape index (κ2) is 16.2. The summed E-state index contributed by atoms with van der Waals surface area (Å²) in [4.78, 5) is 65.4. The van der Waals surface area contributed by atoms with Crippen LogP contribution < -0.4 is 20.7 Å². The van der Waals surface area contributed by atoms with Crippen molar-refractivity contribution in [3.63, 3.8) is 0 Å². The minimum atomic E-state index is -1.65. The summed E-state index contributed by atoms with van der Waals surface area (Å²) in [6.45, 7) is 1.65. The molecule has 0 bridgehead atoms. The molecule has 3 amide bonds. The summed E-state index contributed by atoms with van der Waals surface area (Å²) in [5.74, 6) is -10.7. The van der Waals surface area contributed by atoms with Crippen molar-refractivity contribution in [2.24, 2.45) is 0 Å². The maximum Gasteiger partial charge on any atom is 0.313 e. The lowest BCUT2D eigenvalue weighted by molar-refractivity contribution is -0.145. The van der Waals surface area contributed by atoms with Gasteiger partial charge in [0.2, 0.25) is 11.7 Å². The lowest BCUT2D eigenvalue weighted by Gasteiger charge is -2.31. The number of Topliss-reactive ketones (excluding diaryl/α,β-unsaturated/α-hetero) is 1. The molecule has 1 aliphatic carbocycles. The van der Waals surface area contributed by atoms with E-state index in [0.717, 1.165) is 13.0 Å². The molecule has 1 aliphatic rings. The molecule has 3 aromatic carbocycles. The number of halogens is 4. The molecule has 10 nitrogen and oxygen atoms in total. The first-order valence-electron chi connectivity index (χ1n) is 15.5. The molecule has 0 radical (unpaired) electrons. The van der Waals surface area contributed by atoms with Gasteiger partial charge in [-0.1, -0.05) is 55.3 Å². The van der Waals surface area contributed by atoms with Gasteiger partial charge >= 0.3 is 17.8 Å². The number of para-hydroxylation sites is 1. The Kier molecular flexibility index (Phi) is 12.1. The van der Waals surface area contributed by atoms with E-state index in [9.17, 15) is 41.5 Å². The van der Waals surface area contributed by atoms with Crippen LogP contribution in [0, 0.1) is 37.1 Å². The number of nitrogens with one attached hydrogen (secondary N) is 3.